The summed E-state index contributed by atoms with van der Waals surface area (Å²) < 4.78 is 0. The Labute approximate surface area is 64.3 Å². The largest absolute Gasteiger partial charge is 0.324 e. The Morgan fingerprint density at radius 3 is 2.40 bits per heavy atom. The van der Waals surface area contributed by atoms with Gasteiger partial charge >= 0.3 is 0 Å². The van der Waals surface area contributed by atoms with Crippen LogP contribution in [-0.2, 0) is 0 Å². The lowest BCUT2D eigenvalue weighted by Gasteiger charge is -2.01. The molecule has 0 aliphatic carbocycles. The fourth-order valence-electron chi connectivity index (χ4n) is 0.662. The smallest absolute Gasteiger partial charge is 0.0221 e. The van der Waals surface area contributed by atoms with Crippen LogP contribution in [0.2, 0.25) is 0 Å². The molecule has 1 nitrogen and oxygen atoms in total. The molecule has 1 unspecified atom stereocenters. The van der Waals surface area contributed by atoms with Crippen molar-refractivity contribution in [3.8, 4) is 0 Å². The van der Waals surface area contributed by atoms with Crippen molar-refractivity contribution in [3.63, 3.8) is 0 Å². The van der Waals surface area contributed by atoms with Crippen LogP contribution in [0.25, 0.3) is 0 Å². The zero-order valence-electron chi connectivity index (χ0n) is 7.30. The Bertz CT molecular complexity index is 94.9. The fourth-order valence-corrected chi connectivity index (χ4v) is 0.662. The number of allylic oxidation sites excluding steroid dienone is 1. The third-order valence-electron chi connectivity index (χ3n) is 1.46. The van der Waals surface area contributed by atoms with E-state index >= 15 is 0 Å². The van der Waals surface area contributed by atoms with Crippen molar-refractivity contribution in [1.82, 2.24) is 0 Å². The zero-order valence-corrected chi connectivity index (χ0v) is 7.30. The third kappa shape index (κ3) is 5.83. The molecule has 60 valence electrons. The van der Waals surface area contributed by atoms with Crippen molar-refractivity contribution in [2.45, 2.75) is 39.7 Å². The molecule has 0 aliphatic heterocycles. The third-order valence-corrected chi connectivity index (χ3v) is 1.46. The van der Waals surface area contributed by atoms with Crippen molar-refractivity contribution < 1.29 is 0 Å². The SMILES string of the molecule is CCC(N)/C=C/CC(C)C. The van der Waals surface area contributed by atoms with Crippen molar-refractivity contribution in [1.29, 1.82) is 0 Å². The molecule has 0 saturated carbocycles. The molecule has 0 aromatic carbocycles. The van der Waals surface area contributed by atoms with Crippen molar-refractivity contribution in [3.05, 3.63) is 12.2 Å². The standard InChI is InChI=1S/C9H19N/c1-4-9(10)7-5-6-8(2)3/h5,7-9H,4,6,10H2,1-3H3/b7-5+. The number of hydrogen-bond acceptors (Lipinski definition) is 1. The second-order valence-electron chi connectivity index (χ2n) is 3.13. The van der Waals surface area contributed by atoms with E-state index in [9.17, 15) is 0 Å². The maximum absolute atomic E-state index is 5.67. The minimum absolute atomic E-state index is 0.263. The summed E-state index contributed by atoms with van der Waals surface area (Å²) in [7, 11) is 0. The van der Waals surface area contributed by atoms with Crippen LogP contribution >= 0.6 is 0 Å². The molecule has 0 spiro atoms. The van der Waals surface area contributed by atoms with E-state index < -0.39 is 0 Å². The first-order valence-corrected chi connectivity index (χ1v) is 4.09. The van der Waals surface area contributed by atoms with Gasteiger partial charge in [-0.3, -0.25) is 0 Å². The highest BCUT2D eigenvalue weighted by atomic mass is 14.6. The Hall–Kier alpha value is -0.300. The molecular formula is C9H19N. The molecule has 2 N–H and O–H groups in total. The van der Waals surface area contributed by atoms with E-state index in [1.54, 1.807) is 0 Å². The molecular weight excluding hydrogens is 122 g/mol. The molecule has 0 rings (SSSR count). The van der Waals surface area contributed by atoms with Gasteiger partial charge in [-0.25, -0.2) is 0 Å². The Balaban J connectivity index is 3.36. The Morgan fingerprint density at radius 2 is 2.00 bits per heavy atom. The zero-order chi connectivity index (χ0) is 7.98. The van der Waals surface area contributed by atoms with Gasteiger partial charge in [0.1, 0.15) is 0 Å². The first-order valence-electron chi connectivity index (χ1n) is 4.09. The van der Waals surface area contributed by atoms with Crippen LogP contribution in [0.4, 0.5) is 0 Å². The molecule has 0 heterocycles. The van der Waals surface area contributed by atoms with Gasteiger partial charge in [-0.2, -0.15) is 0 Å². The summed E-state index contributed by atoms with van der Waals surface area (Å²) in [6.45, 7) is 6.52. The monoisotopic (exact) mass is 141 g/mol. The van der Waals surface area contributed by atoms with Crippen LogP contribution in [0.1, 0.15) is 33.6 Å². The highest BCUT2D eigenvalue weighted by molar-refractivity contribution is 4.90. The molecule has 0 amide bonds. The number of rotatable bonds is 4. The predicted octanol–water partition coefficient (Wildman–Crippen LogP) is 2.33. The summed E-state index contributed by atoms with van der Waals surface area (Å²) in [6.07, 6.45) is 6.46. The highest BCUT2D eigenvalue weighted by Gasteiger charge is 1.91. The van der Waals surface area contributed by atoms with Gasteiger partial charge < -0.3 is 5.73 Å². The summed E-state index contributed by atoms with van der Waals surface area (Å²) in [6, 6.07) is 0.263. The quantitative estimate of drug-likeness (QED) is 0.597. The second kappa shape index (κ2) is 5.48. The number of hydrogen-bond donors (Lipinski definition) is 1. The van der Waals surface area contributed by atoms with Gasteiger partial charge in [0.05, 0.1) is 0 Å². The summed E-state index contributed by atoms with van der Waals surface area (Å²) in [4.78, 5) is 0. The minimum Gasteiger partial charge on any atom is -0.324 e. The number of nitrogens with two attached hydrogens (primary N) is 1. The summed E-state index contributed by atoms with van der Waals surface area (Å²) in [5.74, 6) is 0.750. The van der Waals surface area contributed by atoms with Crippen LogP contribution in [0.15, 0.2) is 12.2 Å². The van der Waals surface area contributed by atoms with Gasteiger partial charge in [0.15, 0.2) is 0 Å². The molecule has 0 saturated heterocycles. The predicted molar refractivity (Wildman–Crippen MR) is 46.9 cm³/mol. The van der Waals surface area contributed by atoms with Crippen molar-refractivity contribution in [2.75, 3.05) is 0 Å². The fraction of sp³-hybridized carbons (Fsp3) is 0.778. The van der Waals surface area contributed by atoms with Gasteiger partial charge in [0.2, 0.25) is 0 Å². The lowest BCUT2D eigenvalue weighted by Crippen LogP contribution is -2.14. The van der Waals surface area contributed by atoms with Crippen LogP contribution in [0, 0.1) is 5.92 Å². The molecule has 0 fully saturated rings. The topological polar surface area (TPSA) is 26.0 Å². The van der Waals surface area contributed by atoms with E-state index in [1.807, 2.05) is 0 Å². The second-order valence-corrected chi connectivity index (χ2v) is 3.13. The van der Waals surface area contributed by atoms with E-state index in [4.69, 9.17) is 5.73 Å². The molecule has 0 bridgehead atoms. The lowest BCUT2D eigenvalue weighted by molar-refractivity contribution is 0.658. The van der Waals surface area contributed by atoms with Gasteiger partial charge in [-0.05, 0) is 18.8 Å². The highest BCUT2D eigenvalue weighted by Crippen LogP contribution is 2.00. The van der Waals surface area contributed by atoms with Crippen LogP contribution in [0.3, 0.4) is 0 Å². The van der Waals surface area contributed by atoms with Gasteiger partial charge in [0, 0.05) is 6.04 Å². The van der Waals surface area contributed by atoms with Crippen LogP contribution in [0.5, 0.6) is 0 Å². The average Bonchev–Trinajstić information content (AvgIpc) is 1.87. The molecule has 0 aromatic heterocycles. The normalized spacial score (nSPS) is 14.9. The van der Waals surface area contributed by atoms with Gasteiger partial charge in [-0.1, -0.05) is 32.9 Å². The van der Waals surface area contributed by atoms with Crippen LogP contribution < -0.4 is 5.73 Å². The molecule has 1 atom stereocenters. The van der Waals surface area contributed by atoms with E-state index in [0.717, 1.165) is 18.8 Å². The maximum atomic E-state index is 5.67. The van der Waals surface area contributed by atoms with Crippen molar-refractivity contribution in [2.24, 2.45) is 11.7 Å². The maximum Gasteiger partial charge on any atom is 0.0221 e. The molecule has 0 radical (unpaired) electrons. The van der Waals surface area contributed by atoms with E-state index in [0.29, 0.717) is 0 Å². The van der Waals surface area contributed by atoms with Gasteiger partial charge in [-0.15, -0.1) is 0 Å². The molecule has 1 heteroatoms. The molecule has 0 aromatic rings. The van der Waals surface area contributed by atoms with Crippen LogP contribution in [-0.4, -0.2) is 6.04 Å². The Morgan fingerprint density at radius 1 is 1.40 bits per heavy atom. The summed E-state index contributed by atoms with van der Waals surface area (Å²) in [5.41, 5.74) is 5.67. The average molecular weight is 141 g/mol. The first kappa shape index (κ1) is 9.70. The first-order chi connectivity index (χ1) is 4.66. The van der Waals surface area contributed by atoms with E-state index in [1.165, 1.54) is 0 Å². The molecule has 0 aliphatic rings. The van der Waals surface area contributed by atoms with E-state index in [-0.39, 0.29) is 6.04 Å². The molecule has 10 heavy (non-hydrogen) atoms. The summed E-state index contributed by atoms with van der Waals surface area (Å²) in [5, 5.41) is 0. The minimum atomic E-state index is 0.263. The summed E-state index contributed by atoms with van der Waals surface area (Å²) >= 11 is 0. The van der Waals surface area contributed by atoms with E-state index in [2.05, 4.69) is 32.9 Å². The van der Waals surface area contributed by atoms with Gasteiger partial charge in [0.25, 0.3) is 0 Å². The van der Waals surface area contributed by atoms with Crippen molar-refractivity contribution >= 4 is 0 Å². The lowest BCUT2D eigenvalue weighted by atomic mass is 10.1. The Kier molecular flexibility index (Phi) is 5.32.